The Kier molecular flexibility index (Phi) is 1.90. The van der Waals surface area contributed by atoms with E-state index >= 15 is 0 Å². The van der Waals surface area contributed by atoms with Crippen LogP contribution in [0, 0.1) is 5.82 Å². The third-order valence-corrected chi connectivity index (χ3v) is 1.78. The van der Waals surface area contributed by atoms with Gasteiger partial charge in [0.2, 0.25) is 0 Å². The number of aromatic nitrogens is 2. The van der Waals surface area contributed by atoms with Gasteiger partial charge in [-0.05, 0) is 12.1 Å². The van der Waals surface area contributed by atoms with Crippen molar-refractivity contribution in [1.82, 2.24) is 9.97 Å². The van der Waals surface area contributed by atoms with Crippen molar-refractivity contribution in [1.29, 1.82) is 0 Å². The van der Waals surface area contributed by atoms with Crippen molar-refractivity contribution in [3.05, 3.63) is 36.0 Å². The zero-order valence-corrected chi connectivity index (χ0v) is 6.87. The summed E-state index contributed by atoms with van der Waals surface area (Å²) in [6, 6.07) is 4.40. The van der Waals surface area contributed by atoms with Gasteiger partial charge >= 0.3 is 0 Å². The summed E-state index contributed by atoms with van der Waals surface area (Å²) in [4.78, 5) is 8.07. The molecule has 2 N–H and O–H groups in total. The molecule has 0 spiro atoms. The lowest BCUT2D eigenvalue weighted by Gasteiger charge is -1.98. The van der Waals surface area contributed by atoms with Crippen molar-refractivity contribution in [3.8, 4) is 0 Å². The lowest BCUT2D eigenvalue weighted by molar-refractivity contribution is 0.629. The Morgan fingerprint density at radius 1 is 1.38 bits per heavy atom. The smallest absolute Gasteiger partial charge is 0.142 e. The minimum atomic E-state index is -0.297. The van der Waals surface area contributed by atoms with Gasteiger partial charge in [-0.15, -0.1) is 0 Å². The fraction of sp³-hybridized carbons (Fsp3) is 0.111. The van der Waals surface area contributed by atoms with Crippen LogP contribution in [0.3, 0.4) is 0 Å². The third kappa shape index (κ3) is 1.48. The van der Waals surface area contributed by atoms with E-state index in [1.54, 1.807) is 12.3 Å². The lowest BCUT2D eigenvalue weighted by atomic mass is 10.2. The molecule has 3 nitrogen and oxygen atoms in total. The molecular formula is C9H8FN3. The molecule has 1 aromatic carbocycles. The van der Waals surface area contributed by atoms with Gasteiger partial charge in [0.1, 0.15) is 11.6 Å². The summed E-state index contributed by atoms with van der Waals surface area (Å²) < 4.78 is 12.8. The van der Waals surface area contributed by atoms with E-state index in [0.29, 0.717) is 11.3 Å². The lowest BCUT2D eigenvalue weighted by Crippen LogP contribution is -2.02. The fourth-order valence-electron chi connectivity index (χ4n) is 1.13. The fourth-order valence-corrected chi connectivity index (χ4v) is 1.13. The van der Waals surface area contributed by atoms with E-state index in [9.17, 15) is 4.39 Å². The number of halogens is 1. The van der Waals surface area contributed by atoms with Crippen LogP contribution >= 0.6 is 0 Å². The highest BCUT2D eigenvalue weighted by atomic mass is 19.1. The Morgan fingerprint density at radius 3 is 3.00 bits per heavy atom. The molecule has 0 amide bonds. The van der Waals surface area contributed by atoms with Crippen LogP contribution in [0.2, 0.25) is 0 Å². The maximum atomic E-state index is 12.8. The molecule has 4 heteroatoms. The summed E-state index contributed by atoms with van der Waals surface area (Å²) >= 11 is 0. The molecule has 66 valence electrons. The largest absolute Gasteiger partial charge is 0.324 e. The highest BCUT2D eigenvalue weighted by Gasteiger charge is 1.99. The van der Waals surface area contributed by atoms with Crippen LogP contribution in [-0.4, -0.2) is 9.97 Å². The molecule has 1 heterocycles. The van der Waals surface area contributed by atoms with E-state index in [1.807, 2.05) is 0 Å². The minimum absolute atomic E-state index is 0.270. The number of hydrogen-bond donors (Lipinski definition) is 1. The molecule has 0 saturated carbocycles. The van der Waals surface area contributed by atoms with Crippen molar-refractivity contribution >= 4 is 10.9 Å². The van der Waals surface area contributed by atoms with E-state index in [0.717, 1.165) is 5.39 Å². The van der Waals surface area contributed by atoms with Crippen molar-refractivity contribution in [2.75, 3.05) is 0 Å². The van der Waals surface area contributed by atoms with Crippen LogP contribution in [0.1, 0.15) is 5.82 Å². The highest BCUT2D eigenvalue weighted by molar-refractivity contribution is 5.77. The average molecular weight is 177 g/mol. The Morgan fingerprint density at radius 2 is 2.23 bits per heavy atom. The van der Waals surface area contributed by atoms with E-state index in [1.165, 1.54) is 12.1 Å². The maximum Gasteiger partial charge on any atom is 0.142 e. The summed E-state index contributed by atoms with van der Waals surface area (Å²) in [5.41, 5.74) is 5.95. The first-order chi connectivity index (χ1) is 6.29. The van der Waals surface area contributed by atoms with Gasteiger partial charge in [-0.25, -0.2) is 14.4 Å². The van der Waals surface area contributed by atoms with Gasteiger partial charge in [0.15, 0.2) is 0 Å². The van der Waals surface area contributed by atoms with Crippen molar-refractivity contribution in [2.45, 2.75) is 6.54 Å². The number of nitrogens with two attached hydrogens (primary N) is 1. The molecule has 0 aliphatic heterocycles. The van der Waals surface area contributed by atoms with E-state index in [-0.39, 0.29) is 12.4 Å². The van der Waals surface area contributed by atoms with Crippen LogP contribution < -0.4 is 5.73 Å². The molecule has 0 radical (unpaired) electrons. The van der Waals surface area contributed by atoms with Crippen LogP contribution in [0.4, 0.5) is 4.39 Å². The molecule has 0 aliphatic rings. The third-order valence-electron chi connectivity index (χ3n) is 1.78. The summed E-state index contributed by atoms with van der Waals surface area (Å²) in [5.74, 6) is 0.229. The Hall–Kier alpha value is -1.55. The SMILES string of the molecule is NCc1ncc2ccc(F)cc2n1. The normalized spacial score (nSPS) is 10.6. The number of rotatable bonds is 1. The zero-order chi connectivity index (χ0) is 9.26. The van der Waals surface area contributed by atoms with Gasteiger partial charge in [0.05, 0.1) is 12.1 Å². The Balaban J connectivity index is 2.68. The summed E-state index contributed by atoms with van der Waals surface area (Å²) in [6.07, 6.45) is 1.64. The molecule has 2 aromatic rings. The number of fused-ring (bicyclic) bond motifs is 1. The van der Waals surface area contributed by atoms with E-state index in [2.05, 4.69) is 9.97 Å². The quantitative estimate of drug-likeness (QED) is 0.712. The van der Waals surface area contributed by atoms with Gasteiger partial charge in [-0.2, -0.15) is 0 Å². The number of benzene rings is 1. The summed E-state index contributed by atoms with van der Waals surface area (Å²) in [6.45, 7) is 0.270. The first-order valence-corrected chi connectivity index (χ1v) is 3.91. The van der Waals surface area contributed by atoms with Gasteiger partial charge < -0.3 is 5.73 Å². The zero-order valence-electron chi connectivity index (χ0n) is 6.87. The standard InChI is InChI=1S/C9H8FN3/c10-7-2-1-6-5-12-9(4-11)13-8(6)3-7/h1-3,5H,4,11H2. The Bertz CT molecular complexity index is 442. The van der Waals surface area contributed by atoms with Crippen LogP contribution in [0.15, 0.2) is 24.4 Å². The van der Waals surface area contributed by atoms with Crippen molar-refractivity contribution < 1.29 is 4.39 Å². The van der Waals surface area contributed by atoms with Gasteiger partial charge in [0, 0.05) is 17.6 Å². The Labute approximate surface area is 74.4 Å². The van der Waals surface area contributed by atoms with Crippen molar-refractivity contribution in [3.63, 3.8) is 0 Å². The molecule has 0 unspecified atom stereocenters. The predicted molar refractivity (Wildman–Crippen MR) is 47.4 cm³/mol. The predicted octanol–water partition coefficient (Wildman–Crippen LogP) is 1.23. The highest BCUT2D eigenvalue weighted by Crippen LogP contribution is 2.11. The molecule has 0 fully saturated rings. The molecule has 1 aromatic heterocycles. The second-order valence-electron chi connectivity index (χ2n) is 2.69. The molecular weight excluding hydrogens is 169 g/mol. The molecule has 0 bridgehead atoms. The van der Waals surface area contributed by atoms with Gasteiger partial charge in [-0.1, -0.05) is 0 Å². The number of nitrogens with zero attached hydrogens (tertiary/aromatic N) is 2. The van der Waals surface area contributed by atoms with E-state index in [4.69, 9.17) is 5.73 Å². The van der Waals surface area contributed by atoms with Gasteiger partial charge in [0.25, 0.3) is 0 Å². The molecule has 13 heavy (non-hydrogen) atoms. The minimum Gasteiger partial charge on any atom is -0.324 e. The van der Waals surface area contributed by atoms with Crippen LogP contribution in [0.25, 0.3) is 10.9 Å². The summed E-state index contributed by atoms with van der Waals surface area (Å²) in [5, 5.41) is 0.818. The van der Waals surface area contributed by atoms with E-state index < -0.39 is 0 Å². The first kappa shape index (κ1) is 8.07. The molecule has 0 atom stereocenters. The second-order valence-corrected chi connectivity index (χ2v) is 2.69. The molecule has 0 saturated heterocycles. The first-order valence-electron chi connectivity index (χ1n) is 3.91. The summed E-state index contributed by atoms with van der Waals surface area (Å²) in [7, 11) is 0. The topological polar surface area (TPSA) is 51.8 Å². The van der Waals surface area contributed by atoms with Crippen molar-refractivity contribution in [2.24, 2.45) is 5.73 Å². The molecule has 2 rings (SSSR count). The molecule has 0 aliphatic carbocycles. The average Bonchev–Trinajstić information content (AvgIpc) is 2.16. The number of hydrogen-bond acceptors (Lipinski definition) is 3. The van der Waals surface area contributed by atoms with Crippen LogP contribution in [-0.2, 0) is 6.54 Å². The van der Waals surface area contributed by atoms with Crippen LogP contribution in [0.5, 0.6) is 0 Å². The van der Waals surface area contributed by atoms with Gasteiger partial charge in [-0.3, -0.25) is 0 Å². The maximum absolute atomic E-state index is 12.8. The second kappa shape index (κ2) is 3.06. The monoisotopic (exact) mass is 177 g/mol.